The molecule has 30 heavy (non-hydrogen) atoms. The molecule has 0 unspecified atom stereocenters. The van der Waals surface area contributed by atoms with E-state index in [0.29, 0.717) is 38.8 Å². The van der Waals surface area contributed by atoms with Crippen LogP contribution in [0.4, 0.5) is 24.7 Å². The zero-order valence-electron chi connectivity index (χ0n) is 16.0. The standard InChI is InChI=1S/C19H16BrF3N4O3/c1-9(11-4-12(19(21,22)23)6-13(5-11)27(28)29)24-18-14-7-17(30-3)15(20)8-16(14)25-10(2)26-18/h4-9H,1-3H3,(H,24,25,26)/t9-/m1/s1. The molecule has 0 aliphatic rings. The number of rotatable bonds is 5. The summed E-state index contributed by atoms with van der Waals surface area (Å²) in [6.07, 6.45) is -4.71. The molecule has 1 N–H and O–H groups in total. The summed E-state index contributed by atoms with van der Waals surface area (Å²) in [4.78, 5) is 19.0. The quantitative estimate of drug-likeness (QED) is 0.363. The first-order chi connectivity index (χ1) is 14.0. The minimum atomic E-state index is -4.71. The van der Waals surface area contributed by atoms with Crippen LogP contribution in [-0.4, -0.2) is 22.0 Å². The first-order valence-corrected chi connectivity index (χ1v) is 9.44. The molecule has 0 amide bonds. The topological polar surface area (TPSA) is 90.2 Å². The number of nitrogens with one attached hydrogen (secondary N) is 1. The third kappa shape index (κ3) is 4.45. The smallest absolute Gasteiger partial charge is 0.416 e. The highest BCUT2D eigenvalue weighted by Gasteiger charge is 2.33. The number of aromatic nitrogens is 2. The summed E-state index contributed by atoms with van der Waals surface area (Å²) in [5, 5.41) is 14.8. The molecule has 158 valence electrons. The van der Waals surface area contributed by atoms with E-state index in [1.165, 1.54) is 7.11 Å². The van der Waals surface area contributed by atoms with Gasteiger partial charge in [0.05, 0.1) is 33.6 Å². The van der Waals surface area contributed by atoms with Crippen molar-refractivity contribution in [2.75, 3.05) is 12.4 Å². The van der Waals surface area contributed by atoms with E-state index in [1.807, 2.05) is 0 Å². The highest BCUT2D eigenvalue weighted by atomic mass is 79.9. The van der Waals surface area contributed by atoms with Crippen molar-refractivity contribution in [3.63, 3.8) is 0 Å². The second kappa shape index (κ2) is 8.05. The second-order valence-corrected chi connectivity index (χ2v) is 7.41. The lowest BCUT2D eigenvalue weighted by molar-refractivity contribution is -0.385. The molecule has 0 bridgehead atoms. The molecular weight excluding hydrogens is 469 g/mol. The molecule has 0 fully saturated rings. The molecule has 0 saturated carbocycles. The molecule has 3 rings (SSSR count). The van der Waals surface area contributed by atoms with Crippen molar-refractivity contribution in [2.45, 2.75) is 26.1 Å². The SMILES string of the molecule is COc1cc2c(N[C@H](C)c3cc([N+](=O)[O-])cc(C(F)(F)F)c3)nc(C)nc2cc1Br. The molecule has 0 spiro atoms. The number of hydrogen-bond donors (Lipinski definition) is 1. The summed E-state index contributed by atoms with van der Waals surface area (Å²) in [7, 11) is 1.50. The van der Waals surface area contributed by atoms with Gasteiger partial charge in [-0.2, -0.15) is 13.2 Å². The number of benzene rings is 2. The van der Waals surface area contributed by atoms with Gasteiger partial charge < -0.3 is 10.1 Å². The van der Waals surface area contributed by atoms with Gasteiger partial charge in [-0.1, -0.05) is 0 Å². The van der Waals surface area contributed by atoms with Gasteiger partial charge in [0, 0.05) is 17.5 Å². The summed E-state index contributed by atoms with van der Waals surface area (Å²) < 4.78 is 45.6. The number of nitro groups is 1. The fourth-order valence-electron chi connectivity index (χ4n) is 2.95. The van der Waals surface area contributed by atoms with Crippen molar-refractivity contribution in [3.05, 3.63) is 61.9 Å². The van der Waals surface area contributed by atoms with Crippen molar-refractivity contribution in [3.8, 4) is 5.75 Å². The summed E-state index contributed by atoms with van der Waals surface area (Å²) >= 11 is 3.39. The second-order valence-electron chi connectivity index (χ2n) is 6.56. The maximum atomic E-state index is 13.2. The van der Waals surface area contributed by atoms with Gasteiger partial charge in [-0.25, -0.2) is 9.97 Å². The van der Waals surface area contributed by atoms with Crippen LogP contribution < -0.4 is 10.1 Å². The van der Waals surface area contributed by atoms with Crippen LogP contribution in [0.2, 0.25) is 0 Å². The number of fused-ring (bicyclic) bond motifs is 1. The third-order valence-electron chi connectivity index (χ3n) is 4.41. The van der Waals surface area contributed by atoms with Crippen molar-refractivity contribution >= 4 is 38.3 Å². The lowest BCUT2D eigenvalue weighted by Gasteiger charge is -2.18. The fraction of sp³-hybridized carbons (Fsp3) is 0.263. The number of methoxy groups -OCH3 is 1. The van der Waals surface area contributed by atoms with E-state index in [-0.39, 0.29) is 5.56 Å². The molecule has 7 nitrogen and oxygen atoms in total. The summed E-state index contributed by atoms with van der Waals surface area (Å²) in [6.45, 7) is 3.28. The molecule has 0 aliphatic heterocycles. The van der Waals surface area contributed by atoms with Gasteiger partial charge in [0.2, 0.25) is 0 Å². The average molecular weight is 485 g/mol. The van der Waals surface area contributed by atoms with Crippen LogP contribution in [0.15, 0.2) is 34.8 Å². The Kier molecular flexibility index (Phi) is 5.84. The van der Waals surface area contributed by atoms with Gasteiger partial charge in [-0.3, -0.25) is 10.1 Å². The lowest BCUT2D eigenvalue weighted by Crippen LogP contribution is -2.12. The van der Waals surface area contributed by atoms with Crippen molar-refractivity contribution < 1.29 is 22.8 Å². The van der Waals surface area contributed by atoms with Gasteiger partial charge in [0.1, 0.15) is 17.4 Å². The van der Waals surface area contributed by atoms with Gasteiger partial charge >= 0.3 is 6.18 Å². The molecule has 1 heterocycles. The van der Waals surface area contributed by atoms with Gasteiger partial charge in [0.25, 0.3) is 5.69 Å². The zero-order chi connectivity index (χ0) is 22.2. The molecule has 0 saturated heterocycles. The number of nitrogens with zero attached hydrogens (tertiary/aromatic N) is 3. The van der Waals surface area contributed by atoms with E-state index in [9.17, 15) is 23.3 Å². The van der Waals surface area contributed by atoms with E-state index < -0.39 is 28.4 Å². The Morgan fingerprint density at radius 1 is 1.20 bits per heavy atom. The number of anilines is 1. The van der Waals surface area contributed by atoms with Crippen LogP contribution in [0, 0.1) is 17.0 Å². The molecule has 0 aliphatic carbocycles. The Hall–Kier alpha value is -2.95. The number of halogens is 4. The molecule has 1 aromatic heterocycles. The van der Waals surface area contributed by atoms with E-state index in [0.717, 1.165) is 12.1 Å². The van der Waals surface area contributed by atoms with Crippen molar-refractivity contribution in [1.82, 2.24) is 9.97 Å². The summed E-state index contributed by atoms with van der Waals surface area (Å²) in [5.74, 6) is 1.35. The third-order valence-corrected chi connectivity index (χ3v) is 5.03. The van der Waals surface area contributed by atoms with E-state index in [1.54, 1.807) is 26.0 Å². The molecule has 3 aromatic rings. The fourth-order valence-corrected chi connectivity index (χ4v) is 3.45. The Morgan fingerprint density at radius 3 is 2.50 bits per heavy atom. The van der Waals surface area contributed by atoms with Gasteiger partial charge in [0.15, 0.2) is 0 Å². The number of ether oxygens (including phenoxy) is 1. The molecule has 2 aromatic carbocycles. The van der Waals surface area contributed by atoms with Crippen LogP contribution in [0.5, 0.6) is 5.75 Å². The normalized spacial score (nSPS) is 12.6. The van der Waals surface area contributed by atoms with E-state index >= 15 is 0 Å². The Balaban J connectivity index is 2.08. The van der Waals surface area contributed by atoms with Crippen LogP contribution in [-0.2, 0) is 6.18 Å². The average Bonchev–Trinajstić information content (AvgIpc) is 2.66. The largest absolute Gasteiger partial charge is 0.496 e. The van der Waals surface area contributed by atoms with Gasteiger partial charge in [-0.05, 0) is 53.5 Å². The Labute approximate surface area is 177 Å². The molecular formula is C19H16BrF3N4O3. The Bertz CT molecular complexity index is 1140. The Morgan fingerprint density at radius 2 is 1.90 bits per heavy atom. The monoisotopic (exact) mass is 484 g/mol. The van der Waals surface area contributed by atoms with Gasteiger partial charge in [-0.15, -0.1) is 0 Å². The first kappa shape index (κ1) is 21.8. The van der Waals surface area contributed by atoms with E-state index in [4.69, 9.17) is 4.74 Å². The minimum absolute atomic E-state index is 0.102. The zero-order valence-corrected chi connectivity index (χ0v) is 17.6. The number of alkyl halides is 3. The number of aryl methyl sites for hydroxylation is 1. The highest BCUT2D eigenvalue weighted by molar-refractivity contribution is 9.10. The van der Waals surface area contributed by atoms with E-state index in [2.05, 4.69) is 31.2 Å². The number of hydrogen-bond acceptors (Lipinski definition) is 6. The van der Waals surface area contributed by atoms with Crippen LogP contribution >= 0.6 is 15.9 Å². The summed E-state index contributed by atoms with van der Waals surface area (Å²) in [5.41, 5.74) is -1.03. The predicted octanol–water partition coefficient (Wildman–Crippen LogP) is 5.81. The maximum Gasteiger partial charge on any atom is 0.416 e. The first-order valence-electron chi connectivity index (χ1n) is 8.64. The van der Waals surface area contributed by atoms with Crippen LogP contribution in [0.1, 0.15) is 29.9 Å². The number of non-ortho nitro benzene ring substituents is 1. The predicted molar refractivity (Wildman–Crippen MR) is 109 cm³/mol. The minimum Gasteiger partial charge on any atom is -0.496 e. The van der Waals surface area contributed by atoms with Crippen molar-refractivity contribution in [1.29, 1.82) is 0 Å². The summed E-state index contributed by atoms with van der Waals surface area (Å²) in [6, 6.07) is 5.25. The van der Waals surface area contributed by atoms with Crippen LogP contribution in [0.25, 0.3) is 10.9 Å². The highest BCUT2D eigenvalue weighted by Crippen LogP contribution is 2.36. The molecule has 11 heteroatoms. The van der Waals surface area contributed by atoms with Crippen LogP contribution in [0.3, 0.4) is 0 Å². The maximum absolute atomic E-state index is 13.2. The van der Waals surface area contributed by atoms with Crippen molar-refractivity contribution in [2.24, 2.45) is 0 Å². The molecule has 0 radical (unpaired) electrons. The molecule has 1 atom stereocenters. The number of nitro benzene ring substituents is 1. The lowest BCUT2D eigenvalue weighted by atomic mass is 10.0.